The summed E-state index contributed by atoms with van der Waals surface area (Å²) < 4.78 is 12.9. The number of aryl methyl sites for hydroxylation is 2. The lowest BCUT2D eigenvalue weighted by Gasteiger charge is -2.40. The van der Waals surface area contributed by atoms with E-state index in [4.69, 9.17) is 9.47 Å². The molecular formula is C32H26BNO2. The van der Waals surface area contributed by atoms with Crippen LogP contribution in [0.2, 0.25) is 0 Å². The fourth-order valence-electron chi connectivity index (χ4n) is 5.69. The molecule has 2 aliphatic heterocycles. The molecule has 1 atom stereocenters. The van der Waals surface area contributed by atoms with Crippen LogP contribution in [0.25, 0.3) is 0 Å². The second-order valence-electron chi connectivity index (χ2n) is 9.88. The van der Waals surface area contributed by atoms with Crippen molar-refractivity contribution >= 4 is 29.0 Å². The summed E-state index contributed by atoms with van der Waals surface area (Å²) in [5.41, 5.74) is 9.68. The first-order valence-electron chi connectivity index (χ1n) is 12.6. The first-order valence-corrected chi connectivity index (χ1v) is 12.6. The van der Waals surface area contributed by atoms with Crippen LogP contribution < -0.4 is 25.3 Å². The number of hydrogen-bond acceptors (Lipinski definition) is 3. The summed E-state index contributed by atoms with van der Waals surface area (Å²) in [6.45, 7) is 4.40. The van der Waals surface area contributed by atoms with Gasteiger partial charge in [-0.25, -0.2) is 0 Å². The summed E-state index contributed by atoms with van der Waals surface area (Å²) in [6.07, 6.45) is 5.31. The Balaban J connectivity index is 1.36. The summed E-state index contributed by atoms with van der Waals surface area (Å²) in [6, 6.07) is 32.1. The molecule has 0 bridgehead atoms. The summed E-state index contributed by atoms with van der Waals surface area (Å²) >= 11 is 0. The standard InChI is InChI=1S/C32H26BNO2/c1-21-10-14-23(15-11-21)34(24-16-12-22(2)13-17-24)25-18-19-27-31(20-25)36-30-9-5-8-29-32(30)33(27)26-6-3-4-7-28(26)35-29/h3-19,31H,20H2,1-2H3. The molecule has 0 radical (unpaired) electrons. The van der Waals surface area contributed by atoms with Crippen molar-refractivity contribution in [3.05, 3.63) is 125 Å². The molecule has 0 fully saturated rings. The molecule has 2 heterocycles. The fourth-order valence-corrected chi connectivity index (χ4v) is 5.69. The van der Waals surface area contributed by atoms with E-state index in [0.717, 1.165) is 40.5 Å². The van der Waals surface area contributed by atoms with Crippen LogP contribution in [0.4, 0.5) is 11.4 Å². The van der Waals surface area contributed by atoms with Gasteiger partial charge in [-0.15, -0.1) is 0 Å². The van der Waals surface area contributed by atoms with E-state index in [2.05, 4.69) is 104 Å². The highest BCUT2D eigenvalue weighted by Gasteiger charge is 2.44. The third-order valence-electron chi connectivity index (χ3n) is 7.47. The average molecular weight is 467 g/mol. The van der Waals surface area contributed by atoms with Crippen LogP contribution in [-0.4, -0.2) is 12.8 Å². The monoisotopic (exact) mass is 467 g/mol. The number of para-hydroxylation sites is 1. The van der Waals surface area contributed by atoms with Gasteiger partial charge in [0.15, 0.2) is 0 Å². The lowest BCUT2D eigenvalue weighted by molar-refractivity contribution is 0.239. The number of fused-ring (bicyclic) bond motifs is 4. The molecule has 4 aromatic rings. The van der Waals surface area contributed by atoms with Gasteiger partial charge in [0.2, 0.25) is 0 Å². The SMILES string of the molecule is Cc1ccc(N(C2=CC=C3B4c5ccccc5Oc5cccc(c54)OC3C2)c2ccc(C)cc2)cc1. The van der Waals surface area contributed by atoms with Crippen molar-refractivity contribution in [2.24, 2.45) is 0 Å². The Labute approximate surface area is 212 Å². The minimum absolute atomic E-state index is 0.0395. The molecule has 0 saturated heterocycles. The van der Waals surface area contributed by atoms with Gasteiger partial charge in [0.25, 0.3) is 6.71 Å². The van der Waals surface area contributed by atoms with Crippen LogP contribution in [0.15, 0.2) is 114 Å². The number of nitrogens with zero attached hydrogens (tertiary/aromatic N) is 1. The van der Waals surface area contributed by atoms with Crippen molar-refractivity contribution in [2.75, 3.05) is 4.90 Å². The second-order valence-corrected chi connectivity index (χ2v) is 9.88. The fraction of sp³-hybridized carbons (Fsp3) is 0.125. The minimum Gasteiger partial charge on any atom is -0.487 e. The van der Waals surface area contributed by atoms with Crippen molar-refractivity contribution in [1.82, 2.24) is 0 Å². The Kier molecular flexibility index (Phi) is 4.81. The maximum Gasteiger partial charge on any atom is 0.255 e. The minimum atomic E-state index is -0.0395. The van der Waals surface area contributed by atoms with E-state index >= 15 is 0 Å². The third-order valence-corrected chi connectivity index (χ3v) is 7.47. The predicted molar refractivity (Wildman–Crippen MR) is 148 cm³/mol. The molecule has 1 unspecified atom stereocenters. The molecule has 174 valence electrons. The normalized spacial score (nSPS) is 16.9. The van der Waals surface area contributed by atoms with E-state index < -0.39 is 0 Å². The van der Waals surface area contributed by atoms with E-state index in [1.165, 1.54) is 27.8 Å². The molecule has 4 heteroatoms. The highest BCUT2D eigenvalue weighted by atomic mass is 16.5. The first kappa shape index (κ1) is 21.1. The summed E-state index contributed by atoms with van der Waals surface area (Å²) in [7, 11) is 0. The Hall–Kier alpha value is -4.18. The van der Waals surface area contributed by atoms with E-state index in [0.29, 0.717) is 0 Å². The number of anilines is 2. The van der Waals surface area contributed by atoms with Crippen molar-refractivity contribution in [3.8, 4) is 17.2 Å². The topological polar surface area (TPSA) is 21.7 Å². The van der Waals surface area contributed by atoms with Crippen LogP contribution in [-0.2, 0) is 0 Å². The van der Waals surface area contributed by atoms with Gasteiger partial charge in [0.1, 0.15) is 23.4 Å². The molecule has 3 nitrogen and oxygen atoms in total. The summed E-state index contributed by atoms with van der Waals surface area (Å²) in [5, 5.41) is 0. The van der Waals surface area contributed by atoms with E-state index in [1.807, 2.05) is 18.2 Å². The van der Waals surface area contributed by atoms with Gasteiger partial charge in [-0.05, 0) is 67.9 Å². The Morgan fingerprint density at radius 2 is 1.33 bits per heavy atom. The van der Waals surface area contributed by atoms with Crippen molar-refractivity contribution < 1.29 is 9.47 Å². The van der Waals surface area contributed by atoms with Crippen LogP contribution in [0, 0.1) is 13.8 Å². The van der Waals surface area contributed by atoms with Crippen LogP contribution >= 0.6 is 0 Å². The number of rotatable bonds is 3. The highest BCUT2D eigenvalue weighted by Crippen LogP contribution is 2.40. The number of hydrogen-bond donors (Lipinski definition) is 0. The Morgan fingerprint density at radius 3 is 2.06 bits per heavy atom. The molecule has 36 heavy (non-hydrogen) atoms. The number of benzene rings is 4. The van der Waals surface area contributed by atoms with Gasteiger partial charge in [0.05, 0.1) is 0 Å². The zero-order valence-corrected chi connectivity index (χ0v) is 20.4. The summed E-state index contributed by atoms with van der Waals surface area (Å²) in [4.78, 5) is 2.36. The highest BCUT2D eigenvalue weighted by molar-refractivity contribution is 6.93. The van der Waals surface area contributed by atoms with Gasteiger partial charge in [0, 0.05) is 29.0 Å². The molecule has 0 aromatic heterocycles. The van der Waals surface area contributed by atoms with E-state index in [1.54, 1.807) is 0 Å². The van der Waals surface area contributed by atoms with Gasteiger partial charge < -0.3 is 14.4 Å². The van der Waals surface area contributed by atoms with Gasteiger partial charge in [-0.3, -0.25) is 0 Å². The van der Waals surface area contributed by atoms with Crippen LogP contribution in [0.3, 0.4) is 0 Å². The number of ether oxygens (including phenoxy) is 2. The molecule has 0 amide bonds. The van der Waals surface area contributed by atoms with Crippen molar-refractivity contribution in [3.63, 3.8) is 0 Å². The van der Waals surface area contributed by atoms with Gasteiger partial charge >= 0.3 is 0 Å². The molecule has 0 N–H and O–H groups in total. The maximum absolute atomic E-state index is 6.67. The molecule has 3 aliphatic rings. The molecular weight excluding hydrogens is 441 g/mol. The molecule has 1 aliphatic carbocycles. The van der Waals surface area contributed by atoms with Crippen molar-refractivity contribution in [1.29, 1.82) is 0 Å². The maximum atomic E-state index is 6.67. The summed E-state index contributed by atoms with van der Waals surface area (Å²) in [5.74, 6) is 2.75. The van der Waals surface area contributed by atoms with Crippen molar-refractivity contribution in [2.45, 2.75) is 26.4 Å². The van der Waals surface area contributed by atoms with E-state index in [9.17, 15) is 0 Å². The Bertz CT molecular complexity index is 1490. The predicted octanol–water partition coefficient (Wildman–Crippen LogP) is 6.37. The molecule has 7 rings (SSSR count). The Morgan fingerprint density at radius 1 is 0.694 bits per heavy atom. The zero-order chi connectivity index (χ0) is 24.2. The van der Waals surface area contributed by atoms with Crippen LogP contribution in [0.1, 0.15) is 17.5 Å². The largest absolute Gasteiger partial charge is 0.487 e. The average Bonchev–Trinajstić information content (AvgIpc) is 2.91. The second kappa shape index (κ2) is 8.20. The van der Waals surface area contributed by atoms with Gasteiger partial charge in [-0.1, -0.05) is 71.2 Å². The zero-order valence-electron chi connectivity index (χ0n) is 20.4. The molecule has 0 spiro atoms. The third kappa shape index (κ3) is 3.36. The lowest BCUT2D eigenvalue weighted by atomic mass is 9.33. The number of allylic oxidation sites excluding steroid dienone is 2. The van der Waals surface area contributed by atoms with E-state index in [-0.39, 0.29) is 12.8 Å². The molecule has 4 aromatic carbocycles. The quantitative estimate of drug-likeness (QED) is 0.327. The molecule has 0 saturated carbocycles. The first-order chi connectivity index (χ1) is 17.7. The smallest absolute Gasteiger partial charge is 0.255 e. The van der Waals surface area contributed by atoms with Crippen LogP contribution in [0.5, 0.6) is 17.2 Å². The lowest BCUT2D eigenvalue weighted by Crippen LogP contribution is -2.55. The van der Waals surface area contributed by atoms with Gasteiger partial charge in [-0.2, -0.15) is 0 Å².